The van der Waals surface area contributed by atoms with Gasteiger partial charge < -0.3 is 17.0 Å². The maximum absolute atomic E-state index is 12.1. The van der Waals surface area contributed by atoms with Crippen molar-refractivity contribution >= 4 is 5.78 Å². The van der Waals surface area contributed by atoms with Gasteiger partial charge in [-0.1, -0.05) is 102 Å². The molecular formula is C34H54BrN3O. The Balaban J connectivity index is 0.0000144. The van der Waals surface area contributed by atoms with Crippen molar-refractivity contribution in [3.63, 3.8) is 0 Å². The van der Waals surface area contributed by atoms with E-state index in [4.69, 9.17) is 5.26 Å². The van der Waals surface area contributed by atoms with Crippen LogP contribution < -0.4 is 21.5 Å². The lowest BCUT2D eigenvalue weighted by Gasteiger charge is -2.02. The summed E-state index contributed by atoms with van der Waals surface area (Å²) in [6.07, 6.45) is 31.9. The summed E-state index contributed by atoms with van der Waals surface area (Å²) in [5, 5.41) is 8.71. The van der Waals surface area contributed by atoms with E-state index in [1.54, 1.807) is 0 Å². The summed E-state index contributed by atoms with van der Waals surface area (Å²) in [4.78, 5) is 12.1. The maximum Gasteiger partial charge on any atom is 0.244 e. The molecule has 0 unspecified atom stereocenters. The van der Waals surface area contributed by atoms with Gasteiger partial charge in [0.25, 0.3) is 0 Å². The molecule has 1 aromatic heterocycles. The molecule has 5 heteroatoms. The van der Waals surface area contributed by atoms with Gasteiger partial charge in [0, 0.05) is 25.7 Å². The predicted octanol–water partition coefficient (Wildman–Crippen LogP) is 5.48. The Morgan fingerprint density at radius 1 is 0.718 bits per heavy atom. The molecule has 0 aliphatic heterocycles. The van der Waals surface area contributed by atoms with Crippen LogP contribution in [0, 0.1) is 35.0 Å². The molecule has 0 saturated heterocycles. The van der Waals surface area contributed by atoms with Crippen LogP contribution >= 0.6 is 0 Å². The monoisotopic (exact) mass is 599 g/mol. The molecule has 39 heavy (non-hydrogen) atoms. The van der Waals surface area contributed by atoms with Crippen molar-refractivity contribution in [3.8, 4) is 29.8 Å². The van der Waals surface area contributed by atoms with Crippen LogP contribution in [0.2, 0.25) is 0 Å². The normalized spacial score (nSPS) is 10.1. The summed E-state index contributed by atoms with van der Waals surface area (Å²) in [6, 6.07) is 2.14. The van der Waals surface area contributed by atoms with Crippen molar-refractivity contribution in [1.82, 2.24) is 4.57 Å². The minimum absolute atomic E-state index is 0. The summed E-state index contributed by atoms with van der Waals surface area (Å²) in [7, 11) is 0. The van der Waals surface area contributed by atoms with E-state index in [-0.39, 0.29) is 17.0 Å². The Hall–Kier alpha value is -2.03. The van der Waals surface area contributed by atoms with Gasteiger partial charge in [0.05, 0.1) is 6.54 Å². The first kappa shape index (κ1) is 37.0. The molecule has 0 aliphatic rings. The Morgan fingerprint density at radius 2 is 1.21 bits per heavy atom. The zero-order valence-corrected chi connectivity index (χ0v) is 26.4. The van der Waals surface area contributed by atoms with Crippen LogP contribution in [-0.2, 0) is 17.9 Å². The second-order valence-corrected chi connectivity index (χ2v) is 10.6. The summed E-state index contributed by atoms with van der Waals surface area (Å²) < 4.78 is 3.95. The van der Waals surface area contributed by atoms with E-state index in [1.807, 2.05) is 23.3 Å². The van der Waals surface area contributed by atoms with Crippen LogP contribution in [0.25, 0.3) is 0 Å². The summed E-state index contributed by atoms with van der Waals surface area (Å²) in [6.45, 7) is 3.56. The van der Waals surface area contributed by atoms with E-state index in [2.05, 4.69) is 41.2 Å². The van der Waals surface area contributed by atoms with Crippen molar-refractivity contribution < 1.29 is 26.3 Å². The number of carbonyl (C=O) groups is 1. The lowest BCUT2D eigenvalue weighted by Crippen LogP contribution is -3.00. The van der Waals surface area contributed by atoms with Crippen molar-refractivity contribution in [3.05, 3.63) is 18.7 Å². The Labute approximate surface area is 251 Å². The number of hydrogen-bond donors (Lipinski definition) is 0. The highest BCUT2D eigenvalue weighted by Crippen LogP contribution is 2.12. The summed E-state index contributed by atoms with van der Waals surface area (Å²) >= 11 is 0. The zero-order chi connectivity index (χ0) is 27.4. The van der Waals surface area contributed by atoms with Crippen LogP contribution in [0.5, 0.6) is 0 Å². The third-order valence-electron chi connectivity index (χ3n) is 7.02. The Kier molecular flexibility index (Phi) is 27.5. The van der Waals surface area contributed by atoms with Crippen LogP contribution in [0.3, 0.4) is 0 Å². The highest BCUT2D eigenvalue weighted by atomic mass is 79.9. The molecule has 1 rings (SSSR count). The molecule has 218 valence electrons. The van der Waals surface area contributed by atoms with E-state index < -0.39 is 0 Å². The van der Waals surface area contributed by atoms with E-state index in [1.165, 1.54) is 83.5 Å². The number of rotatable bonds is 24. The van der Waals surface area contributed by atoms with Gasteiger partial charge in [0.2, 0.25) is 6.33 Å². The predicted molar refractivity (Wildman–Crippen MR) is 158 cm³/mol. The molecule has 0 fully saturated rings. The first-order valence-electron chi connectivity index (χ1n) is 15.7. The van der Waals surface area contributed by atoms with Gasteiger partial charge in [-0.15, -0.1) is 0 Å². The fourth-order valence-electron chi connectivity index (χ4n) is 4.64. The molecule has 0 aromatic carbocycles. The first-order chi connectivity index (χ1) is 18.8. The fraction of sp³-hybridized carbons (Fsp3) is 0.735. The van der Waals surface area contributed by atoms with Gasteiger partial charge in [-0.05, 0) is 43.9 Å². The smallest absolute Gasteiger partial charge is 0.244 e. The number of halogens is 1. The van der Waals surface area contributed by atoms with Crippen LogP contribution in [0.4, 0.5) is 0 Å². The van der Waals surface area contributed by atoms with Crippen molar-refractivity contribution in [1.29, 1.82) is 5.26 Å². The van der Waals surface area contributed by atoms with Gasteiger partial charge in [-0.25, -0.2) is 9.13 Å². The number of aryl methyl sites for hydroxylation is 1. The molecule has 0 N–H and O–H groups in total. The maximum atomic E-state index is 12.1. The largest absolute Gasteiger partial charge is 1.00 e. The molecule has 1 heterocycles. The number of imidazole rings is 1. The standard InChI is InChI=1S/C34H54N3O.BrH/c1-2-3-4-5-6-7-8-9-10-11-12-13-14-15-16-17-18-19-20-21-22-23-26-34(38)27-24-25-29-36-31-32-37(33-36)30-28-35;/h31-33H,2-12,17-27,29-30H2,1H3;1H/q+1;/p-1. The molecule has 0 spiro atoms. The number of unbranched alkanes of at least 4 members (excludes halogenated alkanes) is 17. The number of nitriles is 1. The third-order valence-corrected chi connectivity index (χ3v) is 7.02. The molecule has 0 saturated carbocycles. The minimum atomic E-state index is 0. The van der Waals surface area contributed by atoms with Gasteiger partial charge in [0.1, 0.15) is 24.2 Å². The minimum Gasteiger partial charge on any atom is -1.00 e. The first-order valence-corrected chi connectivity index (χ1v) is 15.7. The molecule has 0 radical (unpaired) electrons. The van der Waals surface area contributed by atoms with Gasteiger partial charge in [-0.2, -0.15) is 5.26 Å². The number of nitrogens with zero attached hydrogens (tertiary/aromatic N) is 3. The number of carbonyl (C=O) groups excluding carboxylic acids is 1. The fourth-order valence-corrected chi connectivity index (χ4v) is 4.64. The van der Waals surface area contributed by atoms with Gasteiger partial charge >= 0.3 is 0 Å². The highest BCUT2D eigenvalue weighted by Gasteiger charge is 2.05. The topological polar surface area (TPSA) is 49.7 Å². The number of ketones is 1. The molecular weight excluding hydrogens is 546 g/mol. The molecule has 0 amide bonds. The number of hydrogen-bond acceptors (Lipinski definition) is 2. The summed E-state index contributed by atoms with van der Waals surface area (Å²) in [5.74, 6) is 12.9. The van der Waals surface area contributed by atoms with E-state index in [9.17, 15) is 4.79 Å². The quantitative estimate of drug-likeness (QED) is 0.0897. The van der Waals surface area contributed by atoms with Crippen molar-refractivity contribution in [2.24, 2.45) is 0 Å². The lowest BCUT2D eigenvalue weighted by atomic mass is 10.0. The average molecular weight is 601 g/mol. The average Bonchev–Trinajstić information content (AvgIpc) is 3.37. The van der Waals surface area contributed by atoms with E-state index >= 15 is 0 Å². The number of aromatic nitrogens is 2. The molecule has 4 nitrogen and oxygen atoms in total. The molecule has 0 atom stereocenters. The third kappa shape index (κ3) is 24.7. The lowest BCUT2D eigenvalue weighted by molar-refractivity contribution is -0.696. The van der Waals surface area contributed by atoms with Crippen molar-refractivity contribution in [2.45, 2.75) is 161 Å². The van der Waals surface area contributed by atoms with E-state index in [0.717, 1.165) is 57.9 Å². The number of Topliss-reactive ketones (excluding diaryl/α,β-unsaturated/α-hetero) is 1. The van der Waals surface area contributed by atoms with Crippen LogP contribution in [0.1, 0.15) is 148 Å². The second kappa shape index (κ2) is 29.0. The molecule has 0 aliphatic carbocycles. The second-order valence-electron chi connectivity index (χ2n) is 10.6. The molecule has 1 aromatic rings. The highest BCUT2D eigenvalue weighted by molar-refractivity contribution is 5.78. The van der Waals surface area contributed by atoms with Gasteiger partial charge in [-0.3, -0.25) is 4.79 Å². The zero-order valence-electron chi connectivity index (χ0n) is 24.8. The Morgan fingerprint density at radius 3 is 1.74 bits per heavy atom. The van der Waals surface area contributed by atoms with Gasteiger partial charge in [0.15, 0.2) is 6.54 Å². The van der Waals surface area contributed by atoms with E-state index in [0.29, 0.717) is 18.7 Å². The SMILES string of the molecule is CCCCCCCCCCCCC#CC#CCCCCCCCCC(=O)CCCC[n+]1ccn(CC#N)c1.[Br-]. The summed E-state index contributed by atoms with van der Waals surface area (Å²) in [5.41, 5.74) is 0. The Bertz CT molecular complexity index is 878. The van der Waals surface area contributed by atoms with Crippen LogP contribution in [0.15, 0.2) is 18.7 Å². The molecule has 0 bridgehead atoms. The van der Waals surface area contributed by atoms with Crippen molar-refractivity contribution in [2.75, 3.05) is 0 Å². The van der Waals surface area contributed by atoms with Crippen LogP contribution in [-0.4, -0.2) is 10.4 Å².